The highest BCUT2D eigenvalue weighted by Gasteiger charge is 2.21. The number of hydrogen-bond acceptors (Lipinski definition) is 10. The normalized spacial score (nSPS) is 11.1. The summed E-state index contributed by atoms with van der Waals surface area (Å²) in [4.78, 5) is 26.9. The van der Waals surface area contributed by atoms with E-state index in [1.165, 1.54) is 165 Å². The van der Waals surface area contributed by atoms with E-state index in [0.29, 0.717) is 54.1 Å². The Kier molecular flexibility index (Phi) is 30.3. The molecule has 70 heavy (non-hydrogen) atoms. The van der Waals surface area contributed by atoms with Gasteiger partial charge in [0.15, 0.2) is 17.2 Å². The van der Waals surface area contributed by atoms with Crippen LogP contribution in [0.1, 0.15) is 234 Å². The molecule has 0 aliphatic heterocycles. The summed E-state index contributed by atoms with van der Waals surface area (Å²) in [7, 11) is 1.60. The maximum absolute atomic E-state index is 13.9. The Bertz CT molecular complexity index is 1920. The van der Waals surface area contributed by atoms with Gasteiger partial charge in [0.25, 0.3) is 0 Å². The molecule has 0 aliphatic rings. The van der Waals surface area contributed by atoms with Gasteiger partial charge in [-0.05, 0) is 79.9 Å². The summed E-state index contributed by atoms with van der Waals surface area (Å²) in [6.07, 6.45) is 38.6. The maximum Gasteiger partial charge on any atom is 0.365 e. The van der Waals surface area contributed by atoms with Crippen molar-refractivity contribution in [2.45, 2.75) is 213 Å². The van der Waals surface area contributed by atoms with Crippen LogP contribution in [-0.2, 0) is 0 Å². The van der Waals surface area contributed by atoms with Crippen molar-refractivity contribution in [2.75, 3.05) is 26.9 Å². The van der Waals surface area contributed by atoms with Gasteiger partial charge in [-0.25, -0.2) is 14.3 Å². The van der Waals surface area contributed by atoms with Gasteiger partial charge in [0.1, 0.15) is 17.2 Å². The summed E-state index contributed by atoms with van der Waals surface area (Å²) >= 11 is 0. The van der Waals surface area contributed by atoms with E-state index < -0.39 is 11.9 Å². The molecule has 0 bridgehead atoms. The number of esters is 2. The molecule has 0 radical (unpaired) electrons. The van der Waals surface area contributed by atoms with Crippen molar-refractivity contribution in [3.63, 3.8) is 0 Å². The van der Waals surface area contributed by atoms with Gasteiger partial charge >= 0.3 is 11.9 Å². The monoisotopic (exact) mass is 968 g/mol. The van der Waals surface area contributed by atoms with Crippen LogP contribution < -0.4 is 28.4 Å². The molecule has 0 amide bonds. The predicted molar refractivity (Wildman–Crippen MR) is 283 cm³/mol. The van der Waals surface area contributed by atoms with Gasteiger partial charge in [-0.1, -0.05) is 199 Å². The van der Waals surface area contributed by atoms with Gasteiger partial charge in [-0.3, -0.25) is 0 Å². The largest absolute Gasteiger partial charge is 0.497 e. The second-order valence-corrected chi connectivity index (χ2v) is 18.9. The zero-order chi connectivity index (χ0) is 49.7. The Balaban J connectivity index is 1.41. The molecule has 0 unspecified atom stereocenters. The highest BCUT2D eigenvalue weighted by molar-refractivity contribution is 5.93. The molecule has 0 saturated heterocycles. The van der Waals surface area contributed by atoms with Crippen molar-refractivity contribution < 1.29 is 38.0 Å². The fraction of sp³-hybridized carbons (Fsp3) is 0.627. The highest BCUT2D eigenvalue weighted by Crippen LogP contribution is 2.40. The van der Waals surface area contributed by atoms with Gasteiger partial charge in [0, 0.05) is 0 Å². The van der Waals surface area contributed by atoms with E-state index in [-0.39, 0.29) is 17.2 Å². The van der Waals surface area contributed by atoms with E-state index in [1.807, 2.05) is 12.1 Å². The second kappa shape index (κ2) is 36.8. The molecule has 1 heterocycles. The van der Waals surface area contributed by atoms with Crippen molar-refractivity contribution in [1.29, 1.82) is 0 Å². The summed E-state index contributed by atoms with van der Waals surface area (Å²) in [5, 5.41) is 8.06. The predicted octanol–water partition coefficient (Wildman–Crippen LogP) is 16.6. The molecule has 0 saturated carbocycles. The van der Waals surface area contributed by atoms with Crippen LogP contribution in [0.25, 0.3) is 5.69 Å². The van der Waals surface area contributed by atoms with Crippen molar-refractivity contribution >= 4 is 11.9 Å². The minimum Gasteiger partial charge on any atom is -0.497 e. The Morgan fingerprint density at radius 1 is 0.443 bits per heavy atom. The number of rotatable bonds is 42. The Labute approximate surface area is 422 Å². The third-order valence-corrected chi connectivity index (χ3v) is 12.8. The van der Waals surface area contributed by atoms with Crippen LogP contribution in [0.15, 0.2) is 66.9 Å². The number of benzene rings is 3. The minimum atomic E-state index is -0.671. The first-order chi connectivity index (χ1) is 34.4. The van der Waals surface area contributed by atoms with Crippen molar-refractivity contribution in [3.8, 4) is 40.2 Å². The fourth-order valence-electron chi connectivity index (χ4n) is 8.48. The first kappa shape index (κ1) is 57.5. The number of carbonyl (C=O) groups is 2. The second-order valence-electron chi connectivity index (χ2n) is 18.9. The van der Waals surface area contributed by atoms with Gasteiger partial charge in [0.2, 0.25) is 5.75 Å². The van der Waals surface area contributed by atoms with Gasteiger partial charge < -0.3 is 28.4 Å². The molecule has 0 atom stereocenters. The number of aromatic nitrogens is 3. The number of carbonyl (C=O) groups excluding carboxylic acids is 2. The minimum absolute atomic E-state index is 0.0413. The number of ether oxygens (including phenoxy) is 6. The zero-order valence-electron chi connectivity index (χ0n) is 43.8. The van der Waals surface area contributed by atoms with Crippen LogP contribution in [-0.4, -0.2) is 53.9 Å². The SMILES string of the molecule is CCCCCCCCCCCCOc1cc(C(=O)Oc2ccc(OC(=O)c3cn(-c4ccc(OC)cc4)nn3)cc2)cc(OCCCCCCCCCCCC)c1OCCCCCCCCCCCC. The Hall–Kier alpha value is -5.06. The molecular formula is C59H89N3O8. The van der Waals surface area contributed by atoms with E-state index in [0.717, 1.165) is 38.5 Å². The van der Waals surface area contributed by atoms with Crippen LogP contribution in [0.2, 0.25) is 0 Å². The Morgan fingerprint density at radius 3 is 1.20 bits per heavy atom. The van der Waals surface area contributed by atoms with Crippen LogP contribution in [0.3, 0.4) is 0 Å². The molecular weight excluding hydrogens is 879 g/mol. The van der Waals surface area contributed by atoms with E-state index in [4.69, 9.17) is 28.4 Å². The molecule has 0 N–H and O–H groups in total. The van der Waals surface area contributed by atoms with E-state index in [1.54, 1.807) is 55.6 Å². The molecule has 11 nitrogen and oxygen atoms in total. The van der Waals surface area contributed by atoms with Crippen molar-refractivity contribution in [2.24, 2.45) is 0 Å². The molecule has 388 valence electrons. The molecule has 4 rings (SSSR count). The van der Waals surface area contributed by atoms with Crippen LogP contribution in [0, 0.1) is 0 Å². The first-order valence-corrected chi connectivity index (χ1v) is 27.6. The molecule has 0 aliphatic carbocycles. The van der Waals surface area contributed by atoms with Gasteiger partial charge in [0.05, 0.1) is 44.4 Å². The lowest BCUT2D eigenvalue weighted by Crippen LogP contribution is -2.12. The standard InChI is InChI=1S/C59H89N3O8/c1-5-8-11-14-17-20-23-26-29-32-43-66-55-46-49(58(63)69-52-39-41-53(42-40-52)70-59(64)54-48-62(61-60-54)50-35-37-51(65-4)38-36-50)47-56(67-44-33-30-27-24-21-18-15-12-9-6-2)57(55)68-45-34-31-28-25-22-19-16-13-10-7-3/h35-42,46-48H,5-34,43-45H2,1-4H3. The van der Waals surface area contributed by atoms with Crippen molar-refractivity contribution in [3.05, 3.63) is 78.1 Å². The van der Waals surface area contributed by atoms with Gasteiger partial charge in [-0.2, -0.15) is 0 Å². The average molecular weight is 968 g/mol. The summed E-state index contributed by atoms with van der Waals surface area (Å²) in [6, 6.07) is 17.0. The lowest BCUT2D eigenvalue weighted by atomic mass is 10.1. The molecule has 11 heteroatoms. The Morgan fingerprint density at radius 2 is 0.800 bits per heavy atom. The zero-order valence-corrected chi connectivity index (χ0v) is 43.8. The lowest BCUT2D eigenvalue weighted by molar-refractivity contribution is 0.0715. The summed E-state index contributed by atoms with van der Waals surface area (Å²) in [5.74, 6) is 1.59. The number of nitrogens with zero attached hydrogens (tertiary/aromatic N) is 3. The number of hydrogen-bond donors (Lipinski definition) is 0. The van der Waals surface area contributed by atoms with E-state index in [2.05, 4.69) is 31.1 Å². The summed E-state index contributed by atoms with van der Waals surface area (Å²) in [6.45, 7) is 8.36. The summed E-state index contributed by atoms with van der Waals surface area (Å²) < 4.78 is 37.7. The third kappa shape index (κ3) is 23.7. The smallest absolute Gasteiger partial charge is 0.365 e. The van der Waals surface area contributed by atoms with Crippen molar-refractivity contribution in [1.82, 2.24) is 15.0 Å². The highest BCUT2D eigenvalue weighted by atomic mass is 16.6. The quantitative estimate of drug-likeness (QED) is 0.0241. The van der Waals surface area contributed by atoms with Crippen LogP contribution in [0.5, 0.6) is 34.5 Å². The molecule has 3 aromatic carbocycles. The van der Waals surface area contributed by atoms with Gasteiger partial charge in [-0.15, -0.1) is 5.10 Å². The maximum atomic E-state index is 13.9. The fourth-order valence-corrected chi connectivity index (χ4v) is 8.48. The molecule has 4 aromatic rings. The van der Waals surface area contributed by atoms with Crippen LogP contribution >= 0.6 is 0 Å². The average Bonchev–Trinajstić information content (AvgIpc) is 3.88. The first-order valence-electron chi connectivity index (χ1n) is 27.6. The van der Waals surface area contributed by atoms with Crippen LogP contribution in [0.4, 0.5) is 0 Å². The molecule has 0 spiro atoms. The third-order valence-electron chi connectivity index (χ3n) is 12.8. The topological polar surface area (TPSA) is 120 Å². The lowest BCUT2D eigenvalue weighted by Gasteiger charge is -2.19. The summed E-state index contributed by atoms with van der Waals surface area (Å²) in [5.41, 5.74) is 1.06. The van der Waals surface area contributed by atoms with E-state index >= 15 is 0 Å². The number of methoxy groups -OCH3 is 1. The molecule has 1 aromatic heterocycles. The molecule has 0 fully saturated rings. The number of unbranched alkanes of at least 4 members (excludes halogenated alkanes) is 27. The van der Waals surface area contributed by atoms with E-state index in [9.17, 15) is 9.59 Å².